The van der Waals surface area contributed by atoms with Gasteiger partial charge in [0.05, 0.1) is 22.9 Å². The van der Waals surface area contributed by atoms with E-state index in [0.29, 0.717) is 69.4 Å². The molecule has 1 aliphatic carbocycles. The van der Waals surface area contributed by atoms with Crippen molar-refractivity contribution in [1.82, 2.24) is 10.3 Å². The molecule has 5 rings (SSSR count). The smallest absolute Gasteiger partial charge is 0.252 e. The van der Waals surface area contributed by atoms with E-state index in [1.54, 1.807) is 24.3 Å². The van der Waals surface area contributed by atoms with E-state index in [-0.39, 0.29) is 11.7 Å². The lowest BCUT2D eigenvalue weighted by Crippen LogP contribution is -2.26. The highest BCUT2D eigenvalue weighted by Crippen LogP contribution is 2.41. The number of hydrogen-bond donors (Lipinski definition) is 2. The second kappa shape index (κ2) is 12.0. The molecule has 1 aliphatic rings. The number of rotatable bonds is 9. The summed E-state index contributed by atoms with van der Waals surface area (Å²) in [5, 5.41) is 14.7. The van der Waals surface area contributed by atoms with E-state index >= 15 is 0 Å². The number of halogens is 2. The first-order valence-electron chi connectivity index (χ1n) is 14.0. The number of carbonyl (C=O) groups excluding carboxylic acids is 1. The third-order valence-corrected chi connectivity index (χ3v) is 7.61. The van der Waals surface area contributed by atoms with Crippen LogP contribution in [0.1, 0.15) is 79.5 Å². The number of aromatic nitrogens is 1. The standard InChI is InChI=1S/C33H34F2N2O2/c1-2-3-4-5-6-9-18-36-33(39)31-25-15-17-30(38)26-19-21(23-10-7-8-11-28(23)35)12-14-24(26)32(25)37-29-16-13-22(34)20-27(29)31/h7-8,10-14,16,19-20,30,38H,2-6,9,15,17-18H2,1H3,(H,36,39). The molecule has 1 unspecified atom stereocenters. The molecule has 1 atom stereocenters. The molecule has 0 spiro atoms. The summed E-state index contributed by atoms with van der Waals surface area (Å²) < 4.78 is 28.9. The number of fused-ring (bicyclic) bond motifs is 4. The van der Waals surface area contributed by atoms with Gasteiger partial charge in [-0.15, -0.1) is 0 Å². The summed E-state index contributed by atoms with van der Waals surface area (Å²) in [7, 11) is 0. The Morgan fingerprint density at radius 2 is 1.77 bits per heavy atom. The fraction of sp³-hybridized carbons (Fsp3) is 0.333. The summed E-state index contributed by atoms with van der Waals surface area (Å²) in [6.07, 6.45) is 6.64. The minimum atomic E-state index is -0.820. The van der Waals surface area contributed by atoms with E-state index in [9.17, 15) is 18.7 Å². The maximum atomic E-state index is 14.5. The second-order valence-electron chi connectivity index (χ2n) is 10.3. The van der Waals surface area contributed by atoms with Crippen LogP contribution >= 0.6 is 0 Å². The van der Waals surface area contributed by atoms with Crippen molar-refractivity contribution in [2.45, 2.75) is 64.4 Å². The highest BCUT2D eigenvalue weighted by Gasteiger charge is 2.28. The molecule has 2 N–H and O–H groups in total. The Morgan fingerprint density at radius 3 is 2.59 bits per heavy atom. The van der Waals surface area contributed by atoms with Crippen LogP contribution in [0.2, 0.25) is 0 Å². The maximum Gasteiger partial charge on any atom is 0.252 e. The van der Waals surface area contributed by atoms with Crippen LogP contribution in [0.15, 0.2) is 60.7 Å². The molecule has 3 aromatic carbocycles. The first kappa shape index (κ1) is 26.9. The minimum absolute atomic E-state index is 0.251. The molecule has 6 heteroatoms. The number of aliphatic hydroxyl groups is 1. The van der Waals surface area contributed by atoms with Crippen molar-refractivity contribution >= 4 is 16.8 Å². The molecular formula is C33H34F2N2O2. The van der Waals surface area contributed by atoms with Crippen LogP contribution in [0.3, 0.4) is 0 Å². The lowest BCUT2D eigenvalue weighted by Gasteiger charge is -2.17. The molecular weight excluding hydrogens is 494 g/mol. The fourth-order valence-electron chi connectivity index (χ4n) is 5.55. The van der Waals surface area contributed by atoms with E-state index in [0.717, 1.165) is 19.3 Å². The topological polar surface area (TPSA) is 62.2 Å². The minimum Gasteiger partial charge on any atom is -0.388 e. The summed E-state index contributed by atoms with van der Waals surface area (Å²) >= 11 is 0. The number of aliphatic hydroxyl groups excluding tert-OH is 1. The van der Waals surface area contributed by atoms with Gasteiger partial charge in [-0.3, -0.25) is 4.79 Å². The average Bonchev–Trinajstić information content (AvgIpc) is 3.07. The molecule has 0 radical (unpaired) electrons. The number of unbranched alkanes of at least 4 members (excludes halogenated alkanes) is 5. The SMILES string of the molecule is CCCCCCCCNC(=O)c1c2c(nc3ccc(F)cc13)-c1ccc(-c3ccccc3F)cc1C(O)CC2. The monoisotopic (exact) mass is 528 g/mol. The van der Waals surface area contributed by atoms with Crippen molar-refractivity contribution < 1.29 is 18.7 Å². The molecule has 0 fully saturated rings. The first-order valence-corrected chi connectivity index (χ1v) is 14.0. The van der Waals surface area contributed by atoms with Gasteiger partial charge >= 0.3 is 0 Å². The zero-order valence-corrected chi connectivity index (χ0v) is 22.3. The number of benzene rings is 3. The summed E-state index contributed by atoms with van der Waals surface area (Å²) in [5.74, 6) is -1.02. The molecule has 1 amide bonds. The Labute approximate surface area is 228 Å². The van der Waals surface area contributed by atoms with Crippen LogP contribution in [0.5, 0.6) is 0 Å². The number of nitrogens with one attached hydrogen (secondary N) is 1. The summed E-state index contributed by atoms with van der Waals surface area (Å²) in [6.45, 7) is 2.73. The van der Waals surface area contributed by atoms with Crippen molar-refractivity contribution in [1.29, 1.82) is 0 Å². The summed E-state index contributed by atoms with van der Waals surface area (Å²) in [6, 6.07) is 16.3. The molecule has 0 bridgehead atoms. The van der Waals surface area contributed by atoms with Crippen LogP contribution < -0.4 is 5.32 Å². The molecule has 1 aromatic heterocycles. The van der Waals surface area contributed by atoms with Crippen molar-refractivity contribution in [2.75, 3.05) is 6.54 Å². The molecule has 4 nitrogen and oxygen atoms in total. The van der Waals surface area contributed by atoms with Crippen molar-refractivity contribution in [3.05, 3.63) is 89.0 Å². The van der Waals surface area contributed by atoms with Crippen LogP contribution in [0.4, 0.5) is 8.78 Å². The zero-order valence-electron chi connectivity index (χ0n) is 22.3. The quantitative estimate of drug-likeness (QED) is 0.217. The van der Waals surface area contributed by atoms with Crippen LogP contribution in [0, 0.1) is 11.6 Å². The van der Waals surface area contributed by atoms with Gasteiger partial charge in [-0.1, -0.05) is 69.4 Å². The van der Waals surface area contributed by atoms with Gasteiger partial charge < -0.3 is 10.4 Å². The van der Waals surface area contributed by atoms with Crippen molar-refractivity contribution in [3.63, 3.8) is 0 Å². The third kappa shape index (κ3) is 5.71. The fourth-order valence-corrected chi connectivity index (χ4v) is 5.55. The van der Waals surface area contributed by atoms with E-state index < -0.39 is 11.9 Å². The lowest BCUT2D eigenvalue weighted by atomic mass is 9.92. The lowest BCUT2D eigenvalue weighted by molar-refractivity contribution is 0.0953. The molecule has 39 heavy (non-hydrogen) atoms. The largest absolute Gasteiger partial charge is 0.388 e. The number of pyridine rings is 1. The van der Waals surface area contributed by atoms with E-state index in [1.165, 1.54) is 37.5 Å². The predicted octanol–water partition coefficient (Wildman–Crippen LogP) is 7.92. The van der Waals surface area contributed by atoms with Gasteiger partial charge in [0.1, 0.15) is 11.6 Å². The third-order valence-electron chi connectivity index (χ3n) is 7.61. The van der Waals surface area contributed by atoms with Gasteiger partial charge in [0.15, 0.2) is 0 Å². The Morgan fingerprint density at radius 1 is 0.974 bits per heavy atom. The Hall–Kier alpha value is -3.64. The van der Waals surface area contributed by atoms with Crippen molar-refractivity contribution in [2.24, 2.45) is 0 Å². The van der Waals surface area contributed by atoms with Gasteiger partial charge in [-0.25, -0.2) is 13.8 Å². The molecule has 202 valence electrons. The van der Waals surface area contributed by atoms with E-state index in [1.807, 2.05) is 18.2 Å². The molecule has 0 saturated heterocycles. The van der Waals surface area contributed by atoms with Crippen LogP contribution in [-0.4, -0.2) is 22.5 Å². The van der Waals surface area contributed by atoms with Crippen molar-refractivity contribution in [3.8, 4) is 22.4 Å². The van der Waals surface area contributed by atoms with Gasteiger partial charge in [0, 0.05) is 23.1 Å². The highest BCUT2D eigenvalue weighted by atomic mass is 19.1. The van der Waals surface area contributed by atoms with Crippen LogP contribution in [0.25, 0.3) is 33.3 Å². The van der Waals surface area contributed by atoms with E-state index in [4.69, 9.17) is 4.98 Å². The van der Waals surface area contributed by atoms with Crippen LogP contribution in [-0.2, 0) is 6.42 Å². The Kier molecular flexibility index (Phi) is 8.32. The van der Waals surface area contributed by atoms with E-state index in [2.05, 4.69) is 12.2 Å². The highest BCUT2D eigenvalue weighted by molar-refractivity contribution is 6.09. The number of carbonyl (C=O) groups is 1. The van der Waals surface area contributed by atoms with Gasteiger partial charge in [-0.05, 0) is 66.3 Å². The second-order valence-corrected chi connectivity index (χ2v) is 10.3. The average molecular weight is 529 g/mol. The number of nitrogens with zero attached hydrogens (tertiary/aromatic N) is 1. The molecule has 0 aliphatic heterocycles. The normalized spacial score (nSPS) is 14.5. The maximum absolute atomic E-state index is 14.5. The number of hydrogen-bond acceptors (Lipinski definition) is 3. The molecule has 1 heterocycles. The Balaban J connectivity index is 1.54. The molecule has 4 aromatic rings. The molecule has 0 saturated carbocycles. The van der Waals surface area contributed by atoms with Gasteiger partial charge in [0.2, 0.25) is 0 Å². The van der Waals surface area contributed by atoms with Gasteiger partial charge in [0.25, 0.3) is 5.91 Å². The Bertz CT molecular complexity index is 1500. The van der Waals surface area contributed by atoms with Gasteiger partial charge in [-0.2, -0.15) is 0 Å². The summed E-state index contributed by atoms with van der Waals surface area (Å²) in [5.41, 5.74) is 4.69. The number of amides is 1. The first-order chi connectivity index (χ1) is 19.0. The summed E-state index contributed by atoms with van der Waals surface area (Å²) in [4.78, 5) is 18.5. The zero-order chi connectivity index (χ0) is 27.4. The predicted molar refractivity (Wildman–Crippen MR) is 152 cm³/mol.